The second kappa shape index (κ2) is 7.64. The first kappa shape index (κ1) is 17.8. The molecule has 1 saturated carbocycles. The number of carbonyl (C=O) groups is 2. The van der Waals surface area contributed by atoms with Crippen molar-refractivity contribution < 1.29 is 24.2 Å². The van der Waals surface area contributed by atoms with E-state index in [-0.39, 0.29) is 12.0 Å². The average molecular weight is 301 g/mol. The quantitative estimate of drug-likeness (QED) is 0.599. The molecule has 1 amide bonds. The first-order valence-corrected chi connectivity index (χ1v) is 7.57. The lowest BCUT2D eigenvalue weighted by molar-refractivity contribution is -0.151. The summed E-state index contributed by atoms with van der Waals surface area (Å²) in [5.41, 5.74) is -0.570. The van der Waals surface area contributed by atoms with Gasteiger partial charge in [-0.2, -0.15) is 0 Å². The van der Waals surface area contributed by atoms with Gasteiger partial charge in [-0.25, -0.2) is 4.79 Å². The fraction of sp³-hybridized carbons (Fsp3) is 0.867. The van der Waals surface area contributed by atoms with Crippen molar-refractivity contribution in [1.29, 1.82) is 0 Å². The van der Waals surface area contributed by atoms with Gasteiger partial charge in [0.2, 0.25) is 0 Å². The molecule has 1 fully saturated rings. The zero-order valence-corrected chi connectivity index (χ0v) is 13.3. The Balaban J connectivity index is 2.41. The molecule has 0 bridgehead atoms. The molecule has 1 rings (SSSR count). The van der Waals surface area contributed by atoms with E-state index in [0.29, 0.717) is 19.4 Å². The minimum absolute atomic E-state index is 0.265. The van der Waals surface area contributed by atoms with Crippen LogP contribution < -0.4 is 5.32 Å². The van der Waals surface area contributed by atoms with Crippen LogP contribution in [0.1, 0.15) is 53.4 Å². The van der Waals surface area contributed by atoms with Crippen LogP contribution in [0.25, 0.3) is 0 Å². The molecule has 3 atom stereocenters. The molecule has 6 nitrogen and oxygen atoms in total. The summed E-state index contributed by atoms with van der Waals surface area (Å²) >= 11 is 0. The summed E-state index contributed by atoms with van der Waals surface area (Å²) in [5.74, 6) is -0.953. The van der Waals surface area contributed by atoms with Crippen molar-refractivity contribution in [3.8, 4) is 0 Å². The molecule has 0 spiro atoms. The lowest BCUT2D eigenvalue weighted by Crippen LogP contribution is -2.38. The van der Waals surface area contributed by atoms with Crippen molar-refractivity contribution in [1.82, 2.24) is 5.32 Å². The van der Waals surface area contributed by atoms with E-state index in [2.05, 4.69) is 5.32 Å². The predicted octanol–water partition coefficient (Wildman–Crippen LogP) is 1.99. The lowest BCUT2D eigenvalue weighted by atomic mass is 10.1. The number of unbranched alkanes of at least 4 members (excludes halogenated alkanes) is 1. The number of hydrogen-bond donors (Lipinski definition) is 2. The molecular formula is C15H27NO5. The zero-order valence-electron chi connectivity index (χ0n) is 13.3. The van der Waals surface area contributed by atoms with E-state index in [0.717, 1.165) is 12.8 Å². The smallest absolute Gasteiger partial charge is 0.407 e. The number of nitrogens with one attached hydrogen (secondary N) is 1. The molecule has 0 heterocycles. The number of ether oxygens (including phenoxy) is 2. The number of amides is 1. The van der Waals surface area contributed by atoms with Crippen LogP contribution in [0, 0.1) is 5.92 Å². The van der Waals surface area contributed by atoms with E-state index in [1.165, 1.54) is 0 Å². The maximum absolute atomic E-state index is 11.9. The standard InChI is InChI=1S/C15H27NO5/c1-5-6-7-20-13(18)11-8-10(9-12(11)17)16-14(19)21-15(2,3)4/h10-12,17H,5-9H2,1-4H3,(H,16,19). The molecule has 0 aromatic rings. The molecule has 0 aromatic heterocycles. The van der Waals surface area contributed by atoms with Gasteiger partial charge in [-0.15, -0.1) is 0 Å². The molecule has 6 heteroatoms. The lowest BCUT2D eigenvalue weighted by Gasteiger charge is -2.21. The highest BCUT2D eigenvalue weighted by atomic mass is 16.6. The summed E-state index contributed by atoms with van der Waals surface area (Å²) < 4.78 is 10.3. The largest absolute Gasteiger partial charge is 0.465 e. The predicted molar refractivity (Wildman–Crippen MR) is 77.8 cm³/mol. The molecule has 21 heavy (non-hydrogen) atoms. The Morgan fingerprint density at radius 1 is 1.29 bits per heavy atom. The minimum atomic E-state index is -0.779. The summed E-state index contributed by atoms with van der Waals surface area (Å²) in [5, 5.41) is 12.6. The molecular weight excluding hydrogens is 274 g/mol. The summed E-state index contributed by atoms with van der Waals surface area (Å²) in [6, 6.07) is -0.265. The number of aliphatic hydroxyl groups excluding tert-OH is 1. The van der Waals surface area contributed by atoms with Gasteiger partial charge in [0.05, 0.1) is 18.6 Å². The maximum Gasteiger partial charge on any atom is 0.407 e. The monoisotopic (exact) mass is 301 g/mol. The van der Waals surface area contributed by atoms with Gasteiger partial charge < -0.3 is 19.9 Å². The maximum atomic E-state index is 11.9. The second-order valence-electron chi connectivity index (χ2n) is 6.51. The highest BCUT2D eigenvalue weighted by Crippen LogP contribution is 2.27. The van der Waals surface area contributed by atoms with Crippen LogP contribution in [0.3, 0.4) is 0 Å². The fourth-order valence-corrected chi connectivity index (χ4v) is 2.29. The van der Waals surface area contributed by atoms with E-state index >= 15 is 0 Å². The molecule has 3 unspecified atom stereocenters. The second-order valence-corrected chi connectivity index (χ2v) is 6.51. The first-order chi connectivity index (χ1) is 9.73. The number of carbonyl (C=O) groups excluding carboxylic acids is 2. The molecule has 0 radical (unpaired) electrons. The highest BCUT2D eigenvalue weighted by molar-refractivity contribution is 5.74. The van der Waals surface area contributed by atoms with Crippen LogP contribution in [0.2, 0.25) is 0 Å². The number of alkyl carbamates (subject to hydrolysis) is 1. The van der Waals surface area contributed by atoms with Gasteiger partial charge in [0.1, 0.15) is 5.60 Å². The molecule has 122 valence electrons. The molecule has 2 N–H and O–H groups in total. The molecule has 0 aromatic carbocycles. The van der Waals surface area contributed by atoms with Crippen molar-refractivity contribution in [2.45, 2.75) is 71.1 Å². The summed E-state index contributed by atoms with van der Waals surface area (Å²) in [7, 11) is 0. The molecule has 1 aliphatic carbocycles. The van der Waals surface area contributed by atoms with Crippen LogP contribution in [0.4, 0.5) is 4.79 Å². The third kappa shape index (κ3) is 6.33. The Bertz CT molecular complexity index is 364. The van der Waals surface area contributed by atoms with Gasteiger partial charge in [-0.1, -0.05) is 13.3 Å². The fourth-order valence-electron chi connectivity index (χ4n) is 2.29. The summed E-state index contributed by atoms with van der Waals surface area (Å²) in [6.45, 7) is 7.74. The van der Waals surface area contributed by atoms with E-state index < -0.39 is 23.7 Å². The Kier molecular flexibility index (Phi) is 6.45. The number of aliphatic hydroxyl groups is 1. The normalized spacial score (nSPS) is 25.5. The Morgan fingerprint density at radius 3 is 2.52 bits per heavy atom. The summed E-state index contributed by atoms with van der Waals surface area (Å²) in [6.07, 6.45) is 1.18. The third-order valence-corrected chi connectivity index (χ3v) is 3.29. The topological polar surface area (TPSA) is 84.9 Å². The Labute approximate surface area is 126 Å². The molecule has 1 aliphatic rings. The van der Waals surface area contributed by atoms with E-state index in [4.69, 9.17) is 9.47 Å². The summed E-state index contributed by atoms with van der Waals surface area (Å²) in [4.78, 5) is 23.5. The van der Waals surface area contributed by atoms with Crippen LogP contribution in [-0.4, -0.2) is 41.5 Å². The van der Waals surface area contributed by atoms with Crippen LogP contribution in [0.5, 0.6) is 0 Å². The van der Waals surface area contributed by atoms with Crippen LogP contribution in [-0.2, 0) is 14.3 Å². The SMILES string of the molecule is CCCCOC(=O)C1CC(NC(=O)OC(C)(C)C)CC1O. The third-order valence-electron chi connectivity index (χ3n) is 3.29. The van der Waals surface area contributed by atoms with Crippen molar-refractivity contribution >= 4 is 12.1 Å². The Hall–Kier alpha value is -1.30. The van der Waals surface area contributed by atoms with Crippen molar-refractivity contribution in [2.24, 2.45) is 5.92 Å². The van der Waals surface area contributed by atoms with Crippen LogP contribution >= 0.6 is 0 Å². The Morgan fingerprint density at radius 2 is 1.95 bits per heavy atom. The van der Waals surface area contributed by atoms with Crippen molar-refractivity contribution in [3.05, 3.63) is 0 Å². The van der Waals surface area contributed by atoms with E-state index in [1.54, 1.807) is 20.8 Å². The van der Waals surface area contributed by atoms with E-state index in [1.807, 2.05) is 6.92 Å². The molecule has 0 saturated heterocycles. The minimum Gasteiger partial charge on any atom is -0.465 e. The van der Waals surface area contributed by atoms with Gasteiger partial charge in [-0.3, -0.25) is 4.79 Å². The van der Waals surface area contributed by atoms with Gasteiger partial charge in [-0.05, 0) is 40.0 Å². The first-order valence-electron chi connectivity index (χ1n) is 7.57. The number of hydrogen-bond acceptors (Lipinski definition) is 5. The van der Waals surface area contributed by atoms with Gasteiger partial charge in [0.25, 0.3) is 0 Å². The highest BCUT2D eigenvalue weighted by Gasteiger charge is 2.39. The van der Waals surface area contributed by atoms with Gasteiger partial charge in [0, 0.05) is 6.04 Å². The molecule has 0 aliphatic heterocycles. The van der Waals surface area contributed by atoms with E-state index in [9.17, 15) is 14.7 Å². The number of esters is 1. The number of rotatable bonds is 5. The van der Waals surface area contributed by atoms with Gasteiger partial charge in [0.15, 0.2) is 0 Å². The van der Waals surface area contributed by atoms with Crippen molar-refractivity contribution in [3.63, 3.8) is 0 Å². The van der Waals surface area contributed by atoms with Crippen LogP contribution in [0.15, 0.2) is 0 Å². The zero-order chi connectivity index (χ0) is 16.0. The van der Waals surface area contributed by atoms with Crippen molar-refractivity contribution in [2.75, 3.05) is 6.61 Å². The average Bonchev–Trinajstić information content (AvgIpc) is 2.67. The van der Waals surface area contributed by atoms with Gasteiger partial charge >= 0.3 is 12.1 Å².